The predicted molar refractivity (Wildman–Crippen MR) is 75.7 cm³/mol. The molecule has 4 N–H and O–H groups in total. The van der Waals surface area contributed by atoms with Crippen LogP contribution in [0.5, 0.6) is 0 Å². The lowest BCUT2D eigenvalue weighted by Gasteiger charge is -2.02. The number of sulfonamides is 1. The van der Waals surface area contributed by atoms with Crippen LogP contribution in [-0.4, -0.2) is 18.4 Å². The molecule has 2 aromatic heterocycles. The Morgan fingerprint density at radius 3 is 2.79 bits per heavy atom. The molecule has 19 heavy (non-hydrogen) atoms. The molecule has 0 aliphatic rings. The summed E-state index contributed by atoms with van der Waals surface area (Å²) < 4.78 is 26.7. The summed E-state index contributed by atoms with van der Waals surface area (Å²) in [5.74, 6) is 0.269. The van der Waals surface area contributed by atoms with Crippen molar-refractivity contribution >= 4 is 26.5 Å². The number of thiazole rings is 1. The number of anilines is 1. The van der Waals surface area contributed by atoms with Gasteiger partial charge in [-0.3, -0.25) is 4.72 Å². The number of nitrogens with two attached hydrogens (primary N) is 1. The van der Waals surface area contributed by atoms with Crippen molar-refractivity contribution in [2.24, 2.45) is 5.73 Å². The Hall–Kier alpha value is -1.38. The van der Waals surface area contributed by atoms with Crippen molar-refractivity contribution < 1.29 is 8.42 Å². The molecule has 0 radical (unpaired) electrons. The van der Waals surface area contributed by atoms with E-state index >= 15 is 0 Å². The van der Waals surface area contributed by atoms with Crippen molar-refractivity contribution in [3.05, 3.63) is 29.0 Å². The number of hydrogen-bond donors (Lipinski definition) is 3. The van der Waals surface area contributed by atoms with Crippen LogP contribution in [0.1, 0.15) is 31.2 Å². The van der Waals surface area contributed by atoms with E-state index in [1.54, 1.807) is 0 Å². The Morgan fingerprint density at radius 2 is 2.26 bits per heavy atom. The van der Waals surface area contributed by atoms with E-state index in [0.717, 1.165) is 5.69 Å². The Kier molecular flexibility index (Phi) is 3.93. The zero-order chi connectivity index (χ0) is 14.0. The number of hydrogen-bond acceptors (Lipinski definition) is 5. The van der Waals surface area contributed by atoms with Gasteiger partial charge in [-0.05, 0) is 12.0 Å². The minimum atomic E-state index is -3.60. The van der Waals surface area contributed by atoms with E-state index in [9.17, 15) is 8.42 Å². The van der Waals surface area contributed by atoms with Gasteiger partial charge in [0.15, 0.2) is 5.13 Å². The molecule has 2 heterocycles. The SMILES string of the molecule is CC(C)c1csc(NS(=O)(=O)c2c[nH]c(CN)c2)n1. The molecule has 2 aromatic rings. The summed E-state index contributed by atoms with van der Waals surface area (Å²) in [4.78, 5) is 7.21. The highest BCUT2D eigenvalue weighted by molar-refractivity contribution is 7.93. The van der Waals surface area contributed by atoms with Gasteiger partial charge in [-0.25, -0.2) is 13.4 Å². The van der Waals surface area contributed by atoms with E-state index in [2.05, 4.69) is 14.7 Å². The van der Waals surface area contributed by atoms with Gasteiger partial charge in [0.25, 0.3) is 10.0 Å². The van der Waals surface area contributed by atoms with Gasteiger partial charge >= 0.3 is 0 Å². The van der Waals surface area contributed by atoms with Crippen LogP contribution >= 0.6 is 11.3 Å². The van der Waals surface area contributed by atoms with Gasteiger partial charge in [-0.2, -0.15) is 0 Å². The molecule has 0 saturated carbocycles. The normalized spacial score (nSPS) is 12.0. The molecule has 0 amide bonds. The van der Waals surface area contributed by atoms with Crippen LogP contribution < -0.4 is 10.5 Å². The average Bonchev–Trinajstić information content (AvgIpc) is 2.96. The molecule has 0 saturated heterocycles. The van der Waals surface area contributed by atoms with E-state index in [0.29, 0.717) is 10.8 Å². The van der Waals surface area contributed by atoms with E-state index in [1.165, 1.54) is 23.6 Å². The minimum absolute atomic E-state index is 0.161. The molecule has 0 fully saturated rings. The van der Waals surface area contributed by atoms with Crippen LogP contribution in [0, 0.1) is 0 Å². The molecule has 0 aromatic carbocycles. The quantitative estimate of drug-likeness (QED) is 0.784. The fraction of sp³-hybridized carbons (Fsp3) is 0.364. The van der Waals surface area contributed by atoms with E-state index in [-0.39, 0.29) is 17.4 Å². The highest BCUT2D eigenvalue weighted by Gasteiger charge is 2.18. The fourth-order valence-corrected chi connectivity index (χ4v) is 3.61. The van der Waals surface area contributed by atoms with Crippen LogP contribution in [0.25, 0.3) is 0 Å². The lowest BCUT2D eigenvalue weighted by atomic mass is 10.2. The second-order valence-electron chi connectivity index (χ2n) is 4.40. The summed E-state index contributed by atoms with van der Waals surface area (Å²) in [6.07, 6.45) is 1.42. The highest BCUT2D eigenvalue weighted by atomic mass is 32.2. The molecule has 0 spiro atoms. The first-order valence-electron chi connectivity index (χ1n) is 5.78. The molecular formula is C11H16N4O2S2. The minimum Gasteiger partial charge on any atom is -0.363 e. The number of aromatic nitrogens is 2. The number of nitrogens with one attached hydrogen (secondary N) is 2. The Morgan fingerprint density at radius 1 is 1.53 bits per heavy atom. The second kappa shape index (κ2) is 5.32. The second-order valence-corrected chi connectivity index (χ2v) is 6.94. The molecule has 0 unspecified atom stereocenters. The third-order valence-corrected chi connectivity index (χ3v) is 4.81. The molecule has 104 valence electrons. The zero-order valence-electron chi connectivity index (χ0n) is 10.7. The first-order chi connectivity index (χ1) is 8.92. The van der Waals surface area contributed by atoms with Gasteiger partial charge < -0.3 is 10.7 Å². The third-order valence-electron chi connectivity index (χ3n) is 2.58. The predicted octanol–water partition coefficient (Wildman–Crippen LogP) is 1.85. The summed E-state index contributed by atoms with van der Waals surface area (Å²) in [6, 6.07) is 1.51. The van der Waals surface area contributed by atoms with E-state index < -0.39 is 10.0 Å². The molecule has 0 aliphatic carbocycles. The first-order valence-corrected chi connectivity index (χ1v) is 8.14. The standard InChI is InChI=1S/C11H16N4O2S2/c1-7(2)10-6-18-11(14-10)15-19(16,17)9-3-8(4-12)13-5-9/h3,5-7,13H,4,12H2,1-2H3,(H,14,15). The summed E-state index contributed by atoms with van der Waals surface area (Å²) in [6.45, 7) is 4.28. The van der Waals surface area contributed by atoms with Crippen LogP contribution in [-0.2, 0) is 16.6 Å². The van der Waals surface area contributed by atoms with Crippen LogP contribution in [0.3, 0.4) is 0 Å². The Balaban J connectivity index is 2.20. The maximum Gasteiger partial charge on any atom is 0.265 e. The Bertz CT molecular complexity index is 658. The largest absolute Gasteiger partial charge is 0.363 e. The van der Waals surface area contributed by atoms with Gasteiger partial charge in [-0.15, -0.1) is 11.3 Å². The molecule has 0 atom stereocenters. The van der Waals surface area contributed by atoms with Gasteiger partial charge in [0.1, 0.15) is 4.90 Å². The summed E-state index contributed by atoms with van der Waals surface area (Å²) in [5, 5.41) is 2.23. The lowest BCUT2D eigenvalue weighted by Crippen LogP contribution is -2.12. The smallest absolute Gasteiger partial charge is 0.265 e. The summed E-state index contributed by atoms with van der Waals surface area (Å²) >= 11 is 1.28. The molecular weight excluding hydrogens is 284 g/mol. The maximum absolute atomic E-state index is 12.1. The zero-order valence-corrected chi connectivity index (χ0v) is 12.3. The van der Waals surface area contributed by atoms with Gasteiger partial charge in [0.2, 0.25) is 0 Å². The molecule has 8 heteroatoms. The maximum atomic E-state index is 12.1. The summed E-state index contributed by atoms with van der Waals surface area (Å²) in [7, 11) is -3.60. The molecule has 6 nitrogen and oxygen atoms in total. The van der Waals surface area contributed by atoms with Gasteiger partial charge in [0.05, 0.1) is 5.69 Å². The van der Waals surface area contributed by atoms with Crippen molar-refractivity contribution in [1.82, 2.24) is 9.97 Å². The topological polar surface area (TPSA) is 101 Å². The Labute approximate surface area is 116 Å². The lowest BCUT2D eigenvalue weighted by molar-refractivity contribution is 0.601. The molecule has 0 bridgehead atoms. The van der Waals surface area contributed by atoms with E-state index in [4.69, 9.17) is 5.73 Å². The van der Waals surface area contributed by atoms with Crippen molar-refractivity contribution in [3.8, 4) is 0 Å². The fourth-order valence-electron chi connectivity index (χ4n) is 1.46. The van der Waals surface area contributed by atoms with Crippen LogP contribution in [0.4, 0.5) is 5.13 Å². The number of H-pyrrole nitrogens is 1. The van der Waals surface area contributed by atoms with Crippen molar-refractivity contribution in [2.45, 2.75) is 31.2 Å². The summed E-state index contributed by atoms with van der Waals surface area (Å²) in [5.41, 5.74) is 6.98. The van der Waals surface area contributed by atoms with Crippen molar-refractivity contribution in [2.75, 3.05) is 4.72 Å². The third kappa shape index (κ3) is 3.14. The first kappa shape index (κ1) is 14.0. The highest BCUT2D eigenvalue weighted by Crippen LogP contribution is 2.24. The number of aromatic amines is 1. The van der Waals surface area contributed by atoms with Gasteiger partial charge in [0, 0.05) is 23.8 Å². The number of rotatable bonds is 5. The average molecular weight is 300 g/mol. The van der Waals surface area contributed by atoms with Gasteiger partial charge in [-0.1, -0.05) is 13.8 Å². The van der Waals surface area contributed by atoms with Crippen molar-refractivity contribution in [3.63, 3.8) is 0 Å². The van der Waals surface area contributed by atoms with Crippen molar-refractivity contribution in [1.29, 1.82) is 0 Å². The molecule has 2 rings (SSSR count). The number of nitrogens with zero attached hydrogens (tertiary/aromatic N) is 1. The molecule has 0 aliphatic heterocycles. The van der Waals surface area contributed by atoms with Crippen LogP contribution in [0.15, 0.2) is 22.5 Å². The van der Waals surface area contributed by atoms with E-state index in [1.807, 2.05) is 19.2 Å². The monoisotopic (exact) mass is 300 g/mol. The van der Waals surface area contributed by atoms with Crippen LogP contribution in [0.2, 0.25) is 0 Å².